The summed E-state index contributed by atoms with van der Waals surface area (Å²) in [6.07, 6.45) is -4.65. The van der Waals surface area contributed by atoms with Gasteiger partial charge in [-0.25, -0.2) is 13.2 Å². The minimum absolute atomic E-state index is 0. The summed E-state index contributed by atoms with van der Waals surface area (Å²) >= 11 is 0. The summed E-state index contributed by atoms with van der Waals surface area (Å²) in [4.78, 5) is 28.5. The first-order valence-electron chi connectivity index (χ1n) is 38.9. The van der Waals surface area contributed by atoms with E-state index in [-0.39, 0.29) is 94.0 Å². The third-order valence-corrected chi connectivity index (χ3v) is 19.2. The Bertz CT molecular complexity index is 4610. The maximum atomic E-state index is 13.6. The van der Waals surface area contributed by atoms with Gasteiger partial charge in [-0.15, -0.1) is 106 Å². The van der Waals surface area contributed by atoms with Gasteiger partial charge in [0.1, 0.15) is 17.5 Å². The van der Waals surface area contributed by atoms with Gasteiger partial charge in [-0.05, 0) is 109 Å². The standard InChI is InChI=1S/3C24H18FN2.C11H24O2.C8H15F3O2.C8H18O2.3Ir/c3*1-16-6-10-18(11-7-16)23-24(19-12-8-17(2)9-13-19)27-22(15-26-23)20-4-3-5-21(25)14-20;1-10(2,3)8(12)7-9(13)11(4,5)6;1-7(2,3)5(12)4-6(13)8(9,10)11;1-6(9)5-7(10)8(2,3)4;;;/h3*3-10,12-15H,1-2H3;8-9,12-13H,7H2,1-6H3;5-6,12-13H,4H2,1-3H3;6-7,9-10H,5H2,1-4H3;;;/q3*-1;;;;;;. The van der Waals surface area contributed by atoms with Crippen LogP contribution in [0.25, 0.3) is 101 Å². The van der Waals surface area contributed by atoms with Crippen molar-refractivity contribution in [1.82, 2.24) is 29.9 Å². The molecule has 12 rings (SSSR count). The summed E-state index contributed by atoms with van der Waals surface area (Å²) in [6.45, 7) is 36.5. The second kappa shape index (κ2) is 46.7. The predicted molar refractivity (Wildman–Crippen MR) is 459 cm³/mol. The molecule has 0 spiro atoms. The number of rotatable bonds is 15. The third kappa shape index (κ3) is 32.7. The minimum Gasteiger partial charge on any atom is -0.393 e. The van der Waals surface area contributed by atoms with E-state index >= 15 is 0 Å². The van der Waals surface area contributed by atoms with Crippen LogP contribution in [0.5, 0.6) is 0 Å². The van der Waals surface area contributed by atoms with Gasteiger partial charge in [0.2, 0.25) is 0 Å². The Morgan fingerprint density at radius 2 is 0.533 bits per heavy atom. The fourth-order valence-electron chi connectivity index (χ4n) is 11.1. The zero-order valence-electron chi connectivity index (χ0n) is 71.5. The number of hydrogen-bond acceptors (Lipinski definition) is 12. The summed E-state index contributed by atoms with van der Waals surface area (Å²) < 4.78 is 76.5. The Morgan fingerprint density at radius 1 is 0.300 bits per heavy atom. The first kappa shape index (κ1) is 104. The van der Waals surface area contributed by atoms with Gasteiger partial charge in [-0.1, -0.05) is 230 Å². The molecular formula is C99H111F6Ir3N6O6-3. The molecule has 0 aliphatic rings. The van der Waals surface area contributed by atoms with E-state index in [1.54, 1.807) is 64.5 Å². The number of alkyl halides is 3. The molecule has 6 atom stereocenters. The van der Waals surface area contributed by atoms with Gasteiger partial charge in [-0.3, -0.25) is 15.0 Å². The van der Waals surface area contributed by atoms with Crippen LogP contribution in [0.15, 0.2) is 219 Å². The average molecular weight is 2170 g/mol. The van der Waals surface area contributed by atoms with Crippen molar-refractivity contribution in [3.63, 3.8) is 0 Å². The molecule has 3 aromatic heterocycles. The first-order chi connectivity index (χ1) is 54.7. The van der Waals surface area contributed by atoms with Crippen LogP contribution in [0.3, 0.4) is 0 Å². The van der Waals surface area contributed by atoms with Gasteiger partial charge in [0.25, 0.3) is 0 Å². The zero-order valence-corrected chi connectivity index (χ0v) is 78.7. The molecule has 3 heterocycles. The first-order valence-corrected chi connectivity index (χ1v) is 38.9. The van der Waals surface area contributed by atoms with E-state index in [0.717, 1.165) is 84.2 Å². The smallest absolute Gasteiger partial charge is 0.393 e. The van der Waals surface area contributed by atoms with Crippen LogP contribution < -0.4 is 0 Å². The van der Waals surface area contributed by atoms with Crippen LogP contribution in [0.2, 0.25) is 0 Å². The molecule has 120 heavy (non-hydrogen) atoms. The molecule has 12 aromatic rings. The van der Waals surface area contributed by atoms with Crippen molar-refractivity contribution in [2.45, 2.75) is 194 Å². The molecule has 0 saturated heterocycles. The van der Waals surface area contributed by atoms with Crippen molar-refractivity contribution in [2.75, 3.05) is 0 Å². The second-order valence-corrected chi connectivity index (χ2v) is 34.0. The van der Waals surface area contributed by atoms with Crippen LogP contribution >= 0.6 is 0 Å². The predicted octanol–water partition coefficient (Wildman–Crippen LogP) is 23.2. The van der Waals surface area contributed by atoms with Crippen LogP contribution in [-0.2, 0) is 60.3 Å². The summed E-state index contributed by atoms with van der Waals surface area (Å²) in [5, 5.41) is 55.7. The van der Waals surface area contributed by atoms with Crippen molar-refractivity contribution in [1.29, 1.82) is 0 Å². The molecule has 12 nitrogen and oxygen atoms in total. The normalized spacial score (nSPS) is 12.8. The van der Waals surface area contributed by atoms with E-state index in [1.807, 2.05) is 213 Å². The van der Waals surface area contributed by atoms with Gasteiger partial charge in [0.05, 0.1) is 64.7 Å². The van der Waals surface area contributed by atoms with Crippen LogP contribution in [0, 0.1) is 98.9 Å². The number of aromatic nitrogens is 6. The topological polar surface area (TPSA) is 199 Å². The SMILES string of the molecule is CC(C)(C)C(O)CC(O)C(C)(C)C.CC(C)(C)C(O)CC(O)C(F)(F)F.CC(O)CC(O)C(C)(C)C.Cc1c[c-]c(-c2ncc(-c3cccc(F)c3)nc2-c2ccc(C)cc2)cc1.Cc1c[c-]c(-c2ncc(-c3cccc(F)c3)nc2-c2ccc(C)cc2)cc1.Cc1c[c-]c(-c2ncc(-c3cccc(F)c3)nc2-c2ccc(C)cc2)cc1.[Ir].[Ir].[Ir]. The second-order valence-electron chi connectivity index (χ2n) is 34.0. The van der Waals surface area contributed by atoms with Crippen molar-refractivity contribution in [3.8, 4) is 101 Å². The summed E-state index contributed by atoms with van der Waals surface area (Å²) in [5.41, 5.74) is 20.1. The third-order valence-electron chi connectivity index (χ3n) is 19.2. The molecule has 0 aliphatic heterocycles. The molecule has 0 saturated carbocycles. The fraction of sp³-hybridized carbons (Fsp3) is 0.333. The van der Waals surface area contributed by atoms with Gasteiger partial charge in [0, 0.05) is 126 Å². The molecule has 0 fully saturated rings. The number of halogens is 6. The molecule has 9 aromatic carbocycles. The Kier molecular flexibility index (Phi) is 40.4. The summed E-state index contributed by atoms with van der Waals surface area (Å²) in [7, 11) is 0. The molecule has 3 radical (unpaired) electrons. The van der Waals surface area contributed by atoms with Crippen molar-refractivity contribution < 1.29 is 117 Å². The number of aryl methyl sites for hydroxylation is 6. The summed E-state index contributed by atoms with van der Waals surface area (Å²) in [5.74, 6) is -0.869. The molecular weight excluding hydrogens is 2060 g/mol. The van der Waals surface area contributed by atoms with E-state index in [9.17, 15) is 46.8 Å². The van der Waals surface area contributed by atoms with Gasteiger partial charge < -0.3 is 45.6 Å². The van der Waals surface area contributed by atoms with E-state index in [0.29, 0.717) is 46.6 Å². The number of aliphatic hydroxyl groups excluding tert-OH is 6. The van der Waals surface area contributed by atoms with E-state index in [1.165, 1.54) is 53.1 Å². The molecule has 21 heteroatoms. The summed E-state index contributed by atoms with van der Waals surface area (Å²) in [6, 6.07) is 71.5. The van der Waals surface area contributed by atoms with Crippen molar-refractivity contribution in [2.24, 2.45) is 21.7 Å². The Hall–Kier alpha value is -8.49. The Morgan fingerprint density at radius 3 is 0.733 bits per heavy atom. The Balaban J connectivity index is 0.000000313. The average Bonchev–Trinajstić information content (AvgIpc) is 0.799. The number of nitrogens with zero attached hydrogens (tertiary/aromatic N) is 6. The molecule has 6 N–H and O–H groups in total. The van der Waals surface area contributed by atoms with E-state index in [2.05, 4.69) is 69.5 Å². The van der Waals surface area contributed by atoms with Crippen LogP contribution in [0.1, 0.15) is 143 Å². The van der Waals surface area contributed by atoms with Crippen molar-refractivity contribution >= 4 is 0 Å². The van der Waals surface area contributed by atoms with Gasteiger partial charge in [0.15, 0.2) is 6.10 Å². The monoisotopic (exact) mass is 2170 g/mol. The largest absolute Gasteiger partial charge is 0.414 e. The van der Waals surface area contributed by atoms with Crippen LogP contribution in [-0.4, -0.2) is 103 Å². The quantitative estimate of drug-likeness (QED) is 0.0420. The minimum atomic E-state index is -4.65. The Labute approximate surface area is 746 Å². The van der Waals surface area contributed by atoms with Gasteiger partial charge >= 0.3 is 6.18 Å². The molecule has 645 valence electrons. The number of hydrogen-bond donors (Lipinski definition) is 6. The molecule has 0 aliphatic carbocycles. The number of benzene rings is 9. The maximum Gasteiger partial charge on any atom is 0.414 e. The van der Waals surface area contributed by atoms with E-state index < -0.39 is 54.6 Å². The zero-order chi connectivity index (χ0) is 86.5. The molecule has 0 amide bonds. The van der Waals surface area contributed by atoms with E-state index in [4.69, 9.17) is 25.2 Å². The van der Waals surface area contributed by atoms with Crippen LogP contribution in [0.4, 0.5) is 26.3 Å². The molecule has 6 unspecified atom stereocenters. The van der Waals surface area contributed by atoms with Crippen molar-refractivity contribution in [3.05, 3.63) is 288 Å². The van der Waals surface area contributed by atoms with Gasteiger partial charge in [-0.2, -0.15) is 13.2 Å². The number of aliphatic hydroxyl groups is 6. The maximum absolute atomic E-state index is 13.6. The molecule has 0 bridgehead atoms. The fourth-order valence-corrected chi connectivity index (χ4v) is 11.1.